The minimum absolute atomic E-state index is 0.209. The molecule has 0 saturated heterocycles. The van der Waals surface area contributed by atoms with Crippen LogP contribution in [-0.4, -0.2) is 35.3 Å². The summed E-state index contributed by atoms with van der Waals surface area (Å²) in [7, 11) is 0. The lowest BCUT2D eigenvalue weighted by molar-refractivity contribution is 0.0283. The van der Waals surface area contributed by atoms with Gasteiger partial charge in [-0.15, -0.1) is 0 Å². The summed E-state index contributed by atoms with van der Waals surface area (Å²) in [5.41, 5.74) is 1.43. The van der Waals surface area contributed by atoms with Gasteiger partial charge >= 0.3 is 5.97 Å². The second-order valence-electron chi connectivity index (χ2n) is 7.36. The zero-order valence-electron chi connectivity index (χ0n) is 17.3. The summed E-state index contributed by atoms with van der Waals surface area (Å²) >= 11 is 0. The van der Waals surface area contributed by atoms with Gasteiger partial charge < -0.3 is 4.74 Å². The minimum atomic E-state index is -0.328. The van der Waals surface area contributed by atoms with Crippen molar-refractivity contribution in [2.45, 2.75) is 45.1 Å². The molecule has 156 valence electrons. The highest BCUT2D eigenvalue weighted by molar-refractivity contribution is 6.21. The van der Waals surface area contributed by atoms with Crippen molar-refractivity contribution in [3.63, 3.8) is 0 Å². The van der Waals surface area contributed by atoms with Gasteiger partial charge in [-0.2, -0.15) is 0 Å². The number of fused-ring (bicyclic) bond motifs is 1. The molecule has 1 heterocycles. The fraction of sp³-hybridized carbons (Fsp3) is 0.320. The highest BCUT2D eigenvalue weighted by Crippen LogP contribution is 2.22. The molecular weight excluding hydrogens is 378 g/mol. The number of rotatable bonds is 10. The summed E-state index contributed by atoms with van der Waals surface area (Å²) in [6, 6.07) is 15.8. The maximum absolute atomic E-state index is 12.4. The Balaban J connectivity index is 1.57. The number of esters is 1. The van der Waals surface area contributed by atoms with Crippen molar-refractivity contribution in [2.75, 3.05) is 6.54 Å². The van der Waals surface area contributed by atoms with E-state index < -0.39 is 0 Å². The van der Waals surface area contributed by atoms with E-state index in [0.717, 1.165) is 25.7 Å². The number of benzene rings is 2. The number of carbonyl (C=O) groups is 3. The van der Waals surface area contributed by atoms with E-state index in [1.165, 1.54) is 4.90 Å². The number of hydrogen-bond acceptors (Lipinski definition) is 4. The second-order valence-corrected chi connectivity index (χ2v) is 7.36. The molecule has 5 nitrogen and oxygen atoms in total. The molecule has 3 rings (SSSR count). The molecule has 30 heavy (non-hydrogen) atoms. The zero-order valence-corrected chi connectivity index (χ0v) is 17.3. The molecule has 0 N–H and O–H groups in total. The van der Waals surface area contributed by atoms with Crippen molar-refractivity contribution in [3.05, 3.63) is 83.4 Å². The van der Waals surface area contributed by atoms with Crippen LogP contribution in [0.15, 0.2) is 66.7 Å². The van der Waals surface area contributed by atoms with E-state index in [9.17, 15) is 14.4 Å². The topological polar surface area (TPSA) is 63.7 Å². The van der Waals surface area contributed by atoms with Crippen LogP contribution in [-0.2, 0) is 4.74 Å². The summed E-state index contributed by atoms with van der Waals surface area (Å²) in [5.74, 6) is -0.864. The number of amides is 2. The summed E-state index contributed by atoms with van der Waals surface area (Å²) in [6.45, 7) is 2.34. The predicted molar refractivity (Wildman–Crippen MR) is 115 cm³/mol. The molecule has 2 aromatic carbocycles. The molecule has 1 unspecified atom stereocenters. The maximum atomic E-state index is 12.4. The first-order valence-corrected chi connectivity index (χ1v) is 10.5. The summed E-state index contributed by atoms with van der Waals surface area (Å²) < 4.78 is 5.71. The lowest BCUT2D eigenvalue weighted by Gasteiger charge is -2.17. The van der Waals surface area contributed by atoms with E-state index in [2.05, 4.69) is 6.92 Å². The Kier molecular flexibility index (Phi) is 7.55. The number of carbonyl (C=O) groups excluding carboxylic acids is 3. The summed E-state index contributed by atoms with van der Waals surface area (Å²) in [4.78, 5) is 38.5. The molecule has 0 spiro atoms. The van der Waals surface area contributed by atoms with E-state index >= 15 is 0 Å². The third kappa shape index (κ3) is 5.23. The summed E-state index contributed by atoms with van der Waals surface area (Å²) in [5, 5.41) is 0. The molecule has 2 amide bonds. The molecule has 0 radical (unpaired) electrons. The Labute approximate surface area is 177 Å². The van der Waals surface area contributed by atoms with Crippen LogP contribution in [0.2, 0.25) is 0 Å². The highest BCUT2D eigenvalue weighted by atomic mass is 16.5. The molecule has 1 atom stereocenters. The first-order valence-electron chi connectivity index (χ1n) is 10.5. The molecule has 0 saturated carbocycles. The average Bonchev–Trinajstić information content (AvgIpc) is 3.02. The number of unbranched alkanes of at least 4 members (excludes halogenated alkanes) is 2. The second kappa shape index (κ2) is 10.5. The lowest BCUT2D eigenvalue weighted by atomic mass is 10.1. The van der Waals surface area contributed by atoms with Gasteiger partial charge in [0.25, 0.3) is 11.8 Å². The van der Waals surface area contributed by atoms with E-state index in [1.54, 1.807) is 42.5 Å². The minimum Gasteiger partial charge on any atom is -0.458 e. The first kappa shape index (κ1) is 21.5. The number of nitrogens with zero attached hydrogens (tertiary/aromatic N) is 1. The molecule has 2 aromatic rings. The Hall–Kier alpha value is -3.21. The Bertz CT molecular complexity index is 885. The van der Waals surface area contributed by atoms with Crippen LogP contribution in [0.25, 0.3) is 0 Å². The first-order chi connectivity index (χ1) is 14.6. The molecule has 1 aliphatic heterocycles. The van der Waals surface area contributed by atoms with E-state index in [4.69, 9.17) is 4.74 Å². The lowest BCUT2D eigenvalue weighted by Crippen LogP contribution is -2.29. The Morgan fingerprint density at radius 1 is 0.933 bits per heavy atom. The molecule has 5 heteroatoms. The summed E-state index contributed by atoms with van der Waals surface area (Å²) in [6.07, 6.45) is 7.93. The molecule has 0 bridgehead atoms. The van der Waals surface area contributed by atoms with Gasteiger partial charge in [0.1, 0.15) is 6.10 Å². The van der Waals surface area contributed by atoms with Gasteiger partial charge in [0.05, 0.1) is 16.7 Å². The smallest absolute Gasteiger partial charge is 0.338 e. The van der Waals surface area contributed by atoms with Crippen molar-refractivity contribution in [1.82, 2.24) is 4.90 Å². The van der Waals surface area contributed by atoms with Gasteiger partial charge in [-0.05, 0) is 37.1 Å². The standard InChI is InChI=1S/C25H27NO4/c1-2-3-5-14-20(30-25(29)19-12-6-4-7-13-19)15-10-11-18-26-23(27)21-16-8-9-17-22(21)24(26)28/h4,6-13,16-17,20H,2-3,5,14-15,18H2,1H3/b11-10+. The van der Waals surface area contributed by atoms with Crippen molar-refractivity contribution in [2.24, 2.45) is 0 Å². The van der Waals surface area contributed by atoms with Crippen LogP contribution < -0.4 is 0 Å². The quantitative estimate of drug-likeness (QED) is 0.241. The van der Waals surface area contributed by atoms with Crippen LogP contribution >= 0.6 is 0 Å². The van der Waals surface area contributed by atoms with Gasteiger partial charge in [-0.25, -0.2) is 4.79 Å². The van der Waals surface area contributed by atoms with Crippen LogP contribution in [0, 0.1) is 0 Å². The normalized spacial score (nSPS) is 14.2. The molecular formula is C25H27NO4. The van der Waals surface area contributed by atoms with Crippen LogP contribution in [0.5, 0.6) is 0 Å². The van der Waals surface area contributed by atoms with Gasteiger partial charge in [-0.1, -0.05) is 62.2 Å². The fourth-order valence-corrected chi connectivity index (χ4v) is 3.47. The molecule has 0 aromatic heterocycles. The fourth-order valence-electron chi connectivity index (χ4n) is 3.47. The number of hydrogen-bond donors (Lipinski definition) is 0. The van der Waals surface area contributed by atoms with E-state index in [0.29, 0.717) is 23.1 Å². The average molecular weight is 405 g/mol. The van der Waals surface area contributed by atoms with Crippen molar-refractivity contribution in [3.8, 4) is 0 Å². The predicted octanol–water partition coefficient (Wildman–Crippen LogP) is 5.03. The van der Waals surface area contributed by atoms with E-state index in [-0.39, 0.29) is 30.4 Å². The monoisotopic (exact) mass is 405 g/mol. The van der Waals surface area contributed by atoms with Crippen molar-refractivity contribution in [1.29, 1.82) is 0 Å². The van der Waals surface area contributed by atoms with E-state index in [1.807, 2.05) is 24.3 Å². The zero-order chi connectivity index (χ0) is 21.3. The third-order valence-corrected chi connectivity index (χ3v) is 5.14. The molecule has 0 fully saturated rings. The number of ether oxygens (including phenoxy) is 1. The van der Waals surface area contributed by atoms with Crippen molar-refractivity contribution >= 4 is 17.8 Å². The third-order valence-electron chi connectivity index (χ3n) is 5.14. The molecule has 1 aliphatic rings. The molecule has 0 aliphatic carbocycles. The SMILES string of the molecule is CCCCCC(C/C=C/CN1C(=O)c2ccccc2C1=O)OC(=O)c1ccccc1. The van der Waals surface area contributed by atoms with Crippen LogP contribution in [0.4, 0.5) is 0 Å². The Morgan fingerprint density at radius 2 is 1.57 bits per heavy atom. The van der Waals surface area contributed by atoms with Gasteiger partial charge in [0.2, 0.25) is 0 Å². The van der Waals surface area contributed by atoms with Crippen LogP contribution in [0.1, 0.15) is 70.1 Å². The van der Waals surface area contributed by atoms with Gasteiger partial charge in [-0.3, -0.25) is 14.5 Å². The highest BCUT2D eigenvalue weighted by Gasteiger charge is 2.34. The van der Waals surface area contributed by atoms with Gasteiger partial charge in [0.15, 0.2) is 0 Å². The van der Waals surface area contributed by atoms with Crippen LogP contribution in [0.3, 0.4) is 0 Å². The Morgan fingerprint density at radius 3 is 2.20 bits per heavy atom. The van der Waals surface area contributed by atoms with Gasteiger partial charge in [0, 0.05) is 13.0 Å². The number of imide groups is 1. The van der Waals surface area contributed by atoms with Crippen molar-refractivity contribution < 1.29 is 19.1 Å². The largest absolute Gasteiger partial charge is 0.458 e. The maximum Gasteiger partial charge on any atom is 0.338 e.